The molecular formula is C18H17Cl2N3O. The predicted molar refractivity (Wildman–Crippen MR) is 99.2 cm³/mol. The van der Waals surface area contributed by atoms with Gasteiger partial charge < -0.3 is 4.90 Å². The summed E-state index contributed by atoms with van der Waals surface area (Å²) < 4.78 is 0. The van der Waals surface area contributed by atoms with Crippen LogP contribution in [0, 0.1) is 0 Å². The topological polar surface area (TPSA) is 44.7 Å². The average Bonchev–Trinajstić information content (AvgIpc) is 2.58. The van der Waals surface area contributed by atoms with Crippen molar-refractivity contribution < 1.29 is 4.79 Å². The number of carbonyl (C=O) groups is 1. The normalized spacial score (nSPS) is 13.8. The maximum atomic E-state index is 12.1. The van der Waals surface area contributed by atoms with Gasteiger partial charge in [0.15, 0.2) is 0 Å². The molecule has 24 heavy (non-hydrogen) atoms. The fourth-order valence-corrected chi connectivity index (χ4v) is 3.28. The summed E-state index contributed by atoms with van der Waals surface area (Å²) in [5.74, 6) is -0.175. The monoisotopic (exact) mass is 361 g/mol. The summed E-state index contributed by atoms with van der Waals surface area (Å²) in [5.41, 5.74) is 5.53. The molecule has 0 bridgehead atoms. The van der Waals surface area contributed by atoms with E-state index in [1.807, 2.05) is 12.1 Å². The summed E-state index contributed by atoms with van der Waals surface area (Å²) in [6.07, 6.45) is 3.56. The minimum Gasteiger partial charge on any atom is -0.362 e. The maximum absolute atomic E-state index is 12.1. The highest BCUT2D eigenvalue weighted by molar-refractivity contribution is 6.38. The van der Waals surface area contributed by atoms with Crippen LogP contribution >= 0.6 is 23.2 Å². The lowest BCUT2D eigenvalue weighted by atomic mass is 10.0. The zero-order valence-corrected chi connectivity index (χ0v) is 14.5. The number of nitrogens with zero attached hydrogens (tertiary/aromatic N) is 2. The summed E-state index contributed by atoms with van der Waals surface area (Å²) in [6, 6.07) is 13.4. The van der Waals surface area contributed by atoms with E-state index in [-0.39, 0.29) is 12.5 Å². The van der Waals surface area contributed by atoms with Crippen LogP contribution in [0.15, 0.2) is 47.6 Å². The van der Waals surface area contributed by atoms with E-state index < -0.39 is 0 Å². The van der Waals surface area contributed by atoms with E-state index >= 15 is 0 Å². The Hall–Kier alpha value is -2.04. The molecule has 0 saturated carbocycles. The molecule has 2 aromatic carbocycles. The number of hydrogen-bond acceptors (Lipinski definition) is 3. The molecule has 0 saturated heterocycles. The average molecular weight is 362 g/mol. The molecule has 1 amide bonds. The van der Waals surface area contributed by atoms with Crippen LogP contribution in [0.3, 0.4) is 0 Å². The van der Waals surface area contributed by atoms with Gasteiger partial charge in [-0.2, -0.15) is 5.10 Å². The molecule has 2 aromatic rings. The third-order valence-electron chi connectivity index (χ3n) is 3.92. The zero-order chi connectivity index (χ0) is 16.9. The molecule has 6 heteroatoms. The molecule has 0 atom stereocenters. The van der Waals surface area contributed by atoms with Gasteiger partial charge in [0.1, 0.15) is 0 Å². The number of amides is 1. The van der Waals surface area contributed by atoms with Gasteiger partial charge >= 0.3 is 0 Å². The Balaban J connectivity index is 1.62. The molecule has 0 radical (unpaired) electrons. The van der Waals surface area contributed by atoms with Crippen LogP contribution in [0.25, 0.3) is 0 Å². The van der Waals surface area contributed by atoms with Gasteiger partial charge in [0.2, 0.25) is 0 Å². The first-order valence-corrected chi connectivity index (χ1v) is 8.49. The quantitative estimate of drug-likeness (QED) is 0.662. The Morgan fingerprint density at radius 2 is 1.92 bits per heavy atom. The van der Waals surface area contributed by atoms with Gasteiger partial charge in [0, 0.05) is 17.8 Å². The fourth-order valence-electron chi connectivity index (χ4n) is 2.79. The Bertz CT molecular complexity index is 756. The van der Waals surface area contributed by atoms with Crippen LogP contribution in [-0.4, -0.2) is 25.2 Å². The van der Waals surface area contributed by atoms with E-state index in [4.69, 9.17) is 23.2 Å². The number of hydrazone groups is 1. The van der Waals surface area contributed by atoms with Crippen LogP contribution in [0.2, 0.25) is 10.0 Å². The van der Waals surface area contributed by atoms with Gasteiger partial charge in [-0.25, -0.2) is 5.43 Å². The lowest BCUT2D eigenvalue weighted by Gasteiger charge is -2.30. The van der Waals surface area contributed by atoms with Crippen molar-refractivity contribution in [2.45, 2.75) is 12.8 Å². The van der Waals surface area contributed by atoms with Gasteiger partial charge in [0.25, 0.3) is 5.91 Å². The Kier molecular flexibility index (Phi) is 5.38. The van der Waals surface area contributed by atoms with Gasteiger partial charge in [-0.1, -0.05) is 47.5 Å². The van der Waals surface area contributed by atoms with Crippen LogP contribution < -0.4 is 10.3 Å². The van der Waals surface area contributed by atoms with Crippen molar-refractivity contribution in [1.29, 1.82) is 0 Å². The number of hydrogen-bond donors (Lipinski definition) is 1. The number of benzene rings is 2. The van der Waals surface area contributed by atoms with Crippen molar-refractivity contribution in [3.8, 4) is 0 Å². The molecule has 1 aliphatic heterocycles. The molecule has 0 aliphatic carbocycles. The number of anilines is 1. The largest absolute Gasteiger partial charge is 0.362 e. The smallest absolute Gasteiger partial charge is 0.259 e. The van der Waals surface area contributed by atoms with Crippen LogP contribution in [0.4, 0.5) is 5.69 Å². The first kappa shape index (κ1) is 16.8. The van der Waals surface area contributed by atoms with Crippen LogP contribution in [0.1, 0.15) is 17.5 Å². The summed E-state index contributed by atoms with van der Waals surface area (Å²) in [5, 5.41) is 4.95. The molecule has 0 spiro atoms. The summed E-state index contributed by atoms with van der Waals surface area (Å²) >= 11 is 12.1. The predicted octanol–water partition coefficient (Wildman–Crippen LogP) is 3.90. The number of carbonyl (C=O) groups excluding carboxylic acids is 1. The number of rotatable bonds is 4. The van der Waals surface area contributed by atoms with Crippen molar-refractivity contribution in [1.82, 2.24) is 5.43 Å². The second kappa shape index (κ2) is 7.69. The van der Waals surface area contributed by atoms with E-state index in [0.717, 1.165) is 25.1 Å². The third kappa shape index (κ3) is 3.89. The van der Waals surface area contributed by atoms with E-state index in [2.05, 4.69) is 27.6 Å². The van der Waals surface area contributed by atoms with E-state index in [1.54, 1.807) is 18.2 Å². The Labute approximate surface area is 151 Å². The number of halogens is 2. The first-order valence-electron chi connectivity index (χ1n) is 7.74. The maximum Gasteiger partial charge on any atom is 0.259 e. The van der Waals surface area contributed by atoms with E-state index in [1.165, 1.54) is 11.8 Å². The van der Waals surface area contributed by atoms with Gasteiger partial charge in [-0.05, 0) is 36.6 Å². The van der Waals surface area contributed by atoms with Crippen molar-refractivity contribution in [3.63, 3.8) is 0 Å². The Morgan fingerprint density at radius 1 is 1.17 bits per heavy atom. The molecule has 0 unspecified atom stereocenters. The minimum atomic E-state index is -0.175. The standard InChI is InChI=1S/C18H17Cl2N3O/c19-15-7-3-8-16(20)14(15)11-21-22-18(24)12-23-10-4-6-13-5-1-2-9-17(13)23/h1-3,5,7-9,11H,4,6,10,12H2,(H,22,24). The summed E-state index contributed by atoms with van der Waals surface area (Å²) in [6.45, 7) is 1.13. The first-order chi connectivity index (χ1) is 11.6. The molecule has 0 fully saturated rings. The number of aryl methyl sites for hydroxylation is 1. The number of para-hydroxylation sites is 1. The van der Waals surface area contributed by atoms with Crippen molar-refractivity contribution in [3.05, 3.63) is 63.6 Å². The summed E-state index contributed by atoms with van der Waals surface area (Å²) in [4.78, 5) is 14.2. The molecule has 1 N–H and O–H groups in total. The molecular weight excluding hydrogens is 345 g/mol. The highest BCUT2D eigenvalue weighted by Crippen LogP contribution is 2.26. The van der Waals surface area contributed by atoms with Crippen molar-refractivity contribution in [2.75, 3.05) is 18.0 Å². The lowest BCUT2D eigenvalue weighted by molar-refractivity contribution is -0.119. The molecule has 0 aromatic heterocycles. The van der Waals surface area contributed by atoms with Crippen LogP contribution in [0.5, 0.6) is 0 Å². The van der Waals surface area contributed by atoms with Gasteiger partial charge in [-0.3, -0.25) is 4.79 Å². The number of fused-ring (bicyclic) bond motifs is 1. The highest BCUT2D eigenvalue weighted by atomic mass is 35.5. The number of nitrogens with one attached hydrogen (secondary N) is 1. The molecule has 124 valence electrons. The molecule has 1 aliphatic rings. The Morgan fingerprint density at radius 3 is 2.71 bits per heavy atom. The van der Waals surface area contributed by atoms with Gasteiger partial charge in [0.05, 0.1) is 22.8 Å². The lowest BCUT2D eigenvalue weighted by Crippen LogP contribution is -2.38. The van der Waals surface area contributed by atoms with Gasteiger partial charge in [-0.15, -0.1) is 0 Å². The second-order valence-corrected chi connectivity index (χ2v) is 6.40. The van der Waals surface area contributed by atoms with E-state index in [0.29, 0.717) is 15.6 Å². The third-order valence-corrected chi connectivity index (χ3v) is 4.58. The minimum absolute atomic E-state index is 0.175. The molecule has 3 rings (SSSR count). The SMILES string of the molecule is O=C(CN1CCCc2ccccc21)NN=Cc1c(Cl)cccc1Cl. The van der Waals surface area contributed by atoms with Crippen LogP contribution in [-0.2, 0) is 11.2 Å². The fraction of sp³-hybridized carbons (Fsp3) is 0.222. The van der Waals surface area contributed by atoms with E-state index in [9.17, 15) is 4.79 Å². The van der Waals surface area contributed by atoms with Crippen molar-refractivity contribution >= 4 is 41.0 Å². The summed E-state index contributed by atoms with van der Waals surface area (Å²) in [7, 11) is 0. The van der Waals surface area contributed by atoms with Crippen molar-refractivity contribution in [2.24, 2.45) is 5.10 Å². The molecule has 4 nitrogen and oxygen atoms in total. The highest BCUT2D eigenvalue weighted by Gasteiger charge is 2.18. The zero-order valence-electron chi connectivity index (χ0n) is 13.0. The second-order valence-electron chi connectivity index (χ2n) is 5.58. The molecule has 1 heterocycles.